The molecule has 2 amide bonds. The summed E-state index contributed by atoms with van der Waals surface area (Å²) >= 11 is 0. The first-order chi connectivity index (χ1) is 13.9. The van der Waals surface area contributed by atoms with E-state index in [4.69, 9.17) is 4.74 Å². The third kappa shape index (κ3) is 4.40. The van der Waals surface area contributed by atoms with Gasteiger partial charge in [-0.1, -0.05) is 0 Å². The van der Waals surface area contributed by atoms with Crippen molar-refractivity contribution in [2.45, 2.75) is 39.5 Å². The number of amides is 2. The average Bonchev–Trinajstić information content (AvgIpc) is 2.74. The Morgan fingerprint density at radius 1 is 1.13 bits per heavy atom. The van der Waals surface area contributed by atoms with Gasteiger partial charge in [-0.2, -0.15) is 0 Å². The van der Waals surface area contributed by atoms with Gasteiger partial charge in [0.15, 0.2) is 0 Å². The van der Waals surface area contributed by atoms with Gasteiger partial charge in [-0.3, -0.25) is 14.3 Å². The number of anilines is 3. The van der Waals surface area contributed by atoms with Gasteiger partial charge in [-0.25, -0.2) is 8.42 Å². The SMILES string of the molecule is CC(=O)Nc1c(C)cc(S(=O)(=O)Nc2ccc3c(c2)OCC(C)(C)C(=O)N3)cc1C. The molecule has 0 aromatic heterocycles. The van der Waals surface area contributed by atoms with Crippen LogP contribution in [0.4, 0.5) is 17.1 Å². The Morgan fingerprint density at radius 3 is 2.37 bits per heavy atom. The van der Waals surface area contributed by atoms with Crippen LogP contribution < -0.4 is 20.1 Å². The van der Waals surface area contributed by atoms with Crippen LogP contribution in [0.1, 0.15) is 31.9 Å². The second-order valence-electron chi connectivity index (χ2n) is 8.06. The lowest BCUT2D eigenvalue weighted by Crippen LogP contribution is -2.33. The molecular weight excluding hydrogens is 406 g/mol. The Morgan fingerprint density at radius 2 is 1.77 bits per heavy atom. The topological polar surface area (TPSA) is 114 Å². The molecule has 160 valence electrons. The number of nitrogens with one attached hydrogen (secondary N) is 3. The molecule has 0 saturated carbocycles. The molecule has 2 aromatic carbocycles. The molecule has 3 rings (SSSR count). The van der Waals surface area contributed by atoms with E-state index in [1.54, 1.807) is 45.9 Å². The van der Waals surface area contributed by atoms with Gasteiger partial charge in [-0.05, 0) is 63.1 Å². The summed E-state index contributed by atoms with van der Waals surface area (Å²) in [5.41, 5.74) is 1.97. The van der Waals surface area contributed by atoms with E-state index in [1.165, 1.54) is 19.1 Å². The number of benzene rings is 2. The summed E-state index contributed by atoms with van der Waals surface area (Å²) in [5.74, 6) is -0.00235. The van der Waals surface area contributed by atoms with Gasteiger partial charge in [-0.15, -0.1) is 0 Å². The lowest BCUT2D eigenvalue weighted by atomic mass is 9.94. The number of fused-ring (bicyclic) bond motifs is 1. The maximum Gasteiger partial charge on any atom is 0.261 e. The van der Waals surface area contributed by atoms with Crippen molar-refractivity contribution in [1.82, 2.24) is 0 Å². The number of rotatable bonds is 4. The number of hydrogen-bond donors (Lipinski definition) is 3. The van der Waals surface area contributed by atoms with E-state index in [0.717, 1.165) is 0 Å². The van der Waals surface area contributed by atoms with Gasteiger partial charge in [0.1, 0.15) is 12.4 Å². The first-order valence-electron chi connectivity index (χ1n) is 9.39. The zero-order chi connectivity index (χ0) is 22.3. The first-order valence-corrected chi connectivity index (χ1v) is 10.9. The van der Waals surface area contributed by atoms with Crippen LogP contribution in [0.15, 0.2) is 35.2 Å². The van der Waals surface area contributed by atoms with Crippen LogP contribution in [0.5, 0.6) is 5.75 Å². The summed E-state index contributed by atoms with van der Waals surface area (Å²) < 4.78 is 34.1. The third-order valence-corrected chi connectivity index (χ3v) is 6.16. The van der Waals surface area contributed by atoms with Gasteiger partial charge in [0.25, 0.3) is 10.0 Å². The van der Waals surface area contributed by atoms with Crippen LogP contribution in [0.2, 0.25) is 0 Å². The lowest BCUT2D eigenvalue weighted by molar-refractivity contribution is -0.125. The normalized spacial score (nSPS) is 15.3. The zero-order valence-corrected chi connectivity index (χ0v) is 18.4. The quantitative estimate of drug-likeness (QED) is 0.686. The van der Waals surface area contributed by atoms with Crippen LogP contribution in [0.25, 0.3) is 0 Å². The zero-order valence-electron chi connectivity index (χ0n) is 17.5. The smallest absolute Gasteiger partial charge is 0.261 e. The Hall–Kier alpha value is -3.07. The number of aryl methyl sites for hydroxylation is 2. The largest absolute Gasteiger partial charge is 0.490 e. The highest BCUT2D eigenvalue weighted by Crippen LogP contribution is 2.35. The van der Waals surface area contributed by atoms with Crippen molar-refractivity contribution in [3.05, 3.63) is 41.5 Å². The van der Waals surface area contributed by atoms with E-state index in [2.05, 4.69) is 15.4 Å². The molecule has 2 aromatic rings. The van der Waals surface area contributed by atoms with Gasteiger partial charge in [0.05, 0.1) is 21.7 Å². The first kappa shape index (κ1) is 21.6. The second-order valence-corrected chi connectivity index (χ2v) is 9.74. The van der Waals surface area contributed by atoms with Crippen LogP contribution in [-0.2, 0) is 19.6 Å². The lowest BCUT2D eigenvalue weighted by Gasteiger charge is -2.18. The molecule has 1 aliphatic rings. The standard InChI is InChI=1S/C21H25N3O5S/c1-12-8-16(9-13(2)19(12)22-14(3)25)30(27,28)24-15-6-7-17-18(10-15)29-11-21(4,5)20(26)23-17/h6-10,24H,11H2,1-5H3,(H,22,25)(H,23,26). The summed E-state index contributed by atoms with van der Waals surface area (Å²) in [6.45, 7) is 8.58. The summed E-state index contributed by atoms with van der Waals surface area (Å²) in [7, 11) is -3.88. The van der Waals surface area contributed by atoms with E-state index >= 15 is 0 Å². The molecule has 1 heterocycles. The number of carbonyl (C=O) groups excluding carboxylic acids is 2. The van der Waals surface area contributed by atoms with Crippen molar-refractivity contribution in [3.8, 4) is 5.75 Å². The number of ether oxygens (including phenoxy) is 1. The maximum absolute atomic E-state index is 12.9. The molecule has 0 saturated heterocycles. The monoisotopic (exact) mass is 431 g/mol. The molecule has 30 heavy (non-hydrogen) atoms. The highest BCUT2D eigenvalue weighted by molar-refractivity contribution is 7.92. The predicted octanol–water partition coefficient (Wildman–Crippen LogP) is 3.42. The molecule has 0 aliphatic carbocycles. The number of carbonyl (C=O) groups is 2. The minimum absolute atomic E-state index is 0.0805. The molecule has 1 aliphatic heterocycles. The fraction of sp³-hybridized carbons (Fsp3) is 0.333. The van der Waals surface area contributed by atoms with Crippen molar-refractivity contribution < 1.29 is 22.7 Å². The summed E-state index contributed by atoms with van der Waals surface area (Å²) in [6.07, 6.45) is 0. The van der Waals surface area contributed by atoms with E-state index in [1.807, 2.05) is 0 Å². The van der Waals surface area contributed by atoms with Crippen LogP contribution >= 0.6 is 0 Å². The molecular formula is C21H25N3O5S. The molecule has 0 radical (unpaired) electrons. The molecule has 0 bridgehead atoms. The molecule has 3 N–H and O–H groups in total. The minimum atomic E-state index is -3.88. The van der Waals surface area contributed by atoms with Crippen molar-refractivity contribution in [1.29, 1.82) is 0 Å². The minimum Gasteiger partial charge on any atom is -0.490 e. The third-order valence-electron chi connectivity index (χ3n) is 4.80. The summed E-state index contributed by atoms with van der Waals surface area (Å²) in [6, 6.07) is 7.71. The van der Waals surface area contributed by atoms with Crippen molar-refractivity contribution in [2.24, 2.45) is 5.41 Å². The van der Waals surface area contributed by atoms with Gasteiger partial charge >= 0.3 is 0 Å². The molecule has 0 spiro atoms. The molecule has 8 nitrogen and oxygen atoms in total. The van der Waals surface area contributed by atoms with Gasteiger partial charge in [0.2, 0.25) is 11.8 Å². The fourth-order valence-electron chi connectivity index (χ4n) is 3.09. The highest BCUT2D eigenvalue weighted by Gasteiger charge is 2.32. The van der Waals surface area contributed by atoms with Crippen LogP contribution in [-0.4, -0.2) is 26.8 Å². The van der Waals surface area contributed by atoms with Crippen LogP contribution in [0.3, 0.4) is 0 Å². The molecule has 9 heteroatoms. The van der Waals surface area contributed by atoms with Gasteiger partial charge in [0, 0.05) is 18.7 Å². The van der Waals surface area contributed by atoms with Gasteiger partial charge < -0.3 is 15.4 Å². The Kier molecular flexibility index (Phi) is 5.51. The molecule has 0 atom stereocenters. The van der Waals surface area contributed by atoms with E-state index in [0.29, 0.717) is 33.9 Å². The Balaban J connectivity index is 1.89. The number of sulfonamides is 1. The molecule has 0 unspecified atom stereocenters. The van der Waals surface area contributed by atoms with E-state index in [-0.39, 0.29) is 23.3 Å². The summed E-state index contributed by atoms with van der Waals surface area (Å²) in [4.78, 5) is 23.7. The second kappa shape index (κ2) is 7.64. The van der Waals surface area contributed by atoms with E-state index < -0.39 is 15.4 Å². The maximum atomic E-state index is 12.9. The molecule has 0 fully saturated rings. The highest BCUT2D eigenvalue weighted by atomic mass is 32.2. The van der Waals surface area contributed by atoms with Crippen LogP contribution in [0, 0.1) is 19.3 Å². The van der Waals surface area contributed by atoms with Crippen molar-refractivity contribution in [3.63, 3.8) is 0 Å². The van der Waals surface area contributed by atoms with Crippen molar-refractivity contribution in [2.75, 3.05) is 22.0 Å². The average molecular weight is 432 g/mol. The predicted molar refractivity (Wildman–Crippen MR) is 115 cm³/mol. The Labute approximate surface area is 176 Å². The van der Waals surface area contributed by atoms with E-state index in [9.17, 15) is 18.0 Å². The number of hydrogen-bond acceptors (Lipinski definition) is 5. The van der Waals surface area contributed by atoms with Crippen molar-refractivity contribution >= 4 is 38.9 Å². The summed E-state index contributed by atoms with van der Waals surface area (Å²) in [5, 5.41) is 5.51. The fourth-order valence-corrected chi connectivity index (χ4v) is 4.31. The Bertz CT molecular complexity index is 1120.